The molecule has 2 aromatic rings. The molecule has 0 spiro atoms. The predicted molar refractivity (Wildman–Crippen MR) is 87.9 cm³/mol. The van der Waals surface area contributed by atoms with E-state index in [1.807, 2.05) is 0 Å². The number of methoxy groups -OCH3 is 1. The van der Waals surface area contributed by atoms with Crippen LogP contribution in [-0.4, -0.2) is 56.5 Å². The highest BCUT2D eigenvalue weighted by Crippen LogP contribution is 2.12. The van der Waals surface area contributed by atoms with Gasteiger partial charge in [-0.15, -0.1) is 0 Å². The van der Waals surface area contributed by atoms with E-state index in [9.17, 15) is 13.2 Å². The standard InChI is InChI=1S/C15H20N4O4S/c1-19(9-10-23-2)15(20)12-3-5-13(6-4-12)24(21,22)18-11-14-16-7-8-17-14/h3-8,18H,9-11H2,1-2H3,(H,16,17). The van der Waals surface area contributed by atoms with Crippen molar-refractivity contribution in [3.8, 4) is 0 Å². The number of aromatic nitrogens is 2. The number of amides is 1. The first-order chi connectivity index (χ1) is 11.4. The van der Waals surface area contributed by atoms with E-state index < -0.39 is 10.0 Å². The average molecular weight is 352 g/mol. The summed E-state index contributed by atoms with van der Waals surface area (Å²) in [7, 11) is -0.441. The van der Waals surface area contributed by atoms with Crippen LogP contribution in [0, 0.1) is 0 Å². The van der Waals surface area contributed by atoms with E-state index in [4.69, 9.17) is 4.74 Å². The maximum Gasteiger partial charge on any atom is 0.253 e. The third-order valence-electron chi connectivity index (χ3n) is 3.37. The van der Waals surface area contributed by atoms with Gasteiger partial charge in [0.2, 0.25) is 10.0 Å². The Hall–Kier alpha value is -2.23. The van der Waals surface area contributed by atoms with Gasteiger partial charge in [-0.05, 0) is 24.3 Å². The molecule has 0 saturated carbocycles. The zero-order valence-electron chi connectivity index (χ0n) is 13.5. The van der Waals surface area contributed by atoms with Crippen LogP contribution in [0.4, 0.5) is 0 Å². The molecular formula is C15H20N4O4S. The first-order valence-electron chi connectivity index (χ1n) is 7.26. The summed E-state index contributed by atoms with van der Waals surface area (Å²) in [6, 6.07) is 5.80. The van der Waals surface area contributed by atoms with Crippen molar-refractivity contribution in [2.24, 2.45) is 0 Å². The van der Waals surface area contributed by atoms with Gasteiger partial charge in [0.15, 0.2) is 0 Å². The number of hydrogen-bond acceptors (Lipinski definition) is 5. The van der Waals surface area contributed by atoms with Gasteiger partial charge in [-0.2, -0.15) is 0 Å². The average Bonchev–Trinajstić information content (AvgIpc) is 3.11. The second-order valence-electron chi connectivity index (χ2n) is 5.10. The Bertz CT molecular complexity index is 757. The molecule has 0 aliphatic carbocycles. The number of hydrogen-bond donors (Lipinski definition) is 2. The molecule has 0 atom stereocenters. The van der Waals surface area contributed by atoms with E-state index in [0.717, 1.165) is 0 Å². The summed E-state index contributed by atoms with van der Waals surface area (Å²) in [4.78, 5) is 20.6. The minimum atomic E-state index is -3.67. The smallest absolute Gasteiger partial charge is 0.253 e. The van der Waals surface area contributed by atoms with Crippen molar-refractivity contribution in [1.82, 2.24) is 19.6 Å². The zero-order valence-corrected chi connectivity index (χ0v) is 14.3. The number of likely N-dealkylation sites (N-methyl/N-ethyl adjacent to an activating group) is 1. The fourth-order valence-corrected chi connectivity index (χ4v) is 2.96. The monoisotopic (exact) mass is 352 g/mol. The lowest BCUT2D eigenvalue weighted by molar-refractivity contribution is 0.0744. The van der Waals surface area contributed by atoms with Crippen LogP contribution in [0.2, 0.25) is 0 Å². The van der Waals surface area contributed by atoms with Crippen LogP contribution in [0.3, 0.4) is 0 Å². The highest BCUT2D eigenvalue weighted by Gasteiger charge is 2.16. The second-order valence-corrected chi connectivity index (χ2v) is 6.87. The quantitative estimate of drug-likeness (QED) is 0.724. The van der Waals surface area contributed by atoms with E-state index in [1.54, 1.807) is 26.6 Å². The molecule has 0 radical (unpaired) electrons. The van der Waals surface area contributed by atoms with Crippen molar-refractivity contribution in [3.05, 3.63) is 48.0 Å². The molecule has 0 aliphatic heterocycles. The zero-order chi connectivity index (χ0) is 17.6. The molecule has 1 aromatic heterocycles. The van der Waals surface area contributed by atoms with E-state index in [0.29, 0.717) is 24.5 Å². The summed E-state index contributed by atoms with van der Waals surface area (Å²) in [5, 5.41) is 0. The summed E-state index contributed by atoms with van der Waals surface area (Å²) >= 11 is 0. The fourth-order valence-electron chi connectivity index (χ4n) is 1.97. The van der Waals surface area contributed by atoms with E-state index >= 15 is 0 Å². The summed E-state index contributed by atoms with van der Waals surface area (Å²) < 4.78 is 31.8. The van der Waals surface area contributed by atoms with Gasteiger partial charge < -0.3 is 14.6 Å². The summed E-state index contributed by atoms with van der Waals surface area (Å²) in [6.07, 6.45) is 3.16. The minimum absolute atomic E-state index is 0.0652. The lowest BCUT2D eigenvalue weighted by atomic mass is 10.2. The molecule has 0 bridgehead atoms. The highest BCUT2D eigenvalue weighted by molar-refractivity contribution is 7.89. The number of sulfonamides is 1. The molecule has 24 heavy (non-hydrogen) atoms. The number of nitrogens with zero attached hydrogens (tertiary/aromatic N) is 2. The Morgan fingerprint density at radius 3 is 2.62 bits per heavy atom. The van der Waals surface area contributed by atoms with Gasteiger partial charge in [0.1, 0.15) is 5.82 Å². The van der Waals surface area contributed by atoms with Gasteiger partial charge in [-0.1, -0.05) is 0 Å². The molecule has 0 fully saturated rings. The maximum absolute atomic E-state index is 12.2. The number of benzene rings is 1. The number of H-pyrrole nitrogens is 1. The predicted octanol–water partition coefficient (Wildman–Crippen LogP) is 0.607. The lowest BCUT2D eigenvalue weighted by Crippen LogP contribution is -2.30. The molecule has 1 heterocycles. The molecular weight excluding hydrogens is 332 g/mol. The van der Waals surface area contributed by atoms with Crippen molar-refractivity contribution in [1.29, 1.82) is 0 Å². The SMILES string of the molecule is COCCN(C)C(=O)c1ccc(S(=O)(=O)NCc2ncc[nH]2)cc1. The molecule has 8 nitrogen and oxygen atoms in total. The maximum atomic E-state index is 12.2. The third kappa shape index (κ3) is 4.63. The number of imidazole rings is 1. The van der Waals surface area contributed by atoms with Crippen LogP contribution in [0.5, 0.6) is 0 Å². The van der Waals surface area contributed by atoms with Gasteiger partial charge in [-0.25, -0.2) is 18.1 Å². The van der Waals surface area contributed by atoms with Crippen LogP contribution >= 0.6 is 0 Å². The van der Waals surface area contributed by atoms with Gasteiger partial charge in [0.25, 0.3) is 5.91 Å². The number of rotatable bonds is 8. The van der Waals surface area contributed by atoms with Gasteiger partial charge >= 0.3 is 0 Å². The van der Waals surface area contributed by atoms with E-state index in [-0.39, 0.29) is 17.3 Å². The van der Waals surface area contributed by atoms with Crippen molar-refractivity contribution < 1.29 is 17.9 Å². The first kappa shape index (κ1) is 18.1. The fraction of sp³-hybridized carbons (Fsp3) is 0.333. The molecule has 9 heteroatoms. The number of carbonyl (C=O) groups excluding carboxylic acids is 1. The normalized spacial score (nSPS) is 11.4. The topological polar surface area (TPSA) is 104 Å². The van der Waals surface area contributed by atoms with Gasteiger partial charge in [-0.3, -0.25) is 4.79 Å². The van der Waals surface area contributed by atoms with Crippen LogP contribution in [0.15, 0.2) is 41.6 Å². The molecule has 130 valence electrons. The Morgan fingerprint density at radius 2 is 2.04 bits per heavy atom. The summed E-state index contributed by atoms with van der Waals surface area (Å²) in [6.45, 7) is 0.960. The second kappa shape index (κ2) is 8.04. The lowest BCUT2D eigenvalue weighted by Gasteiger charge is -2.16. The number of ether oxygens (including phenoxy) is 1. The van der Waals surface area contributed by atoms with E-state index in [1.165, 1.54) is 29.2 Å². The Morgan fingerprint density at radius 1 is 1.33 bits per heavy atom. The molecule has 0 aliphatic rings. The highest BCUT2D eigenvalue weighted by atomic mass is 32.2. The summed E-state index contributed by atoms with van der Waals surface area (Å²) in [5.41, 5.74) is 0.415. The van der Waals surface area contributed by atoms with Crippen molar-refractivity contribution in [2.45, 2.75) is 11.4 Å². The Balaban J connectivity index is 2.03. The van der Waals surface area contributed by atoms with Crippen molar-refractivity contribution >= 4 is 15.9 Å². The van der Waals surface area contributed by atoms with Crippen LogP contribution < -0.4 is 4.72 Å². The van der Waals surface area contributed by atoms with Crippen molar-refractivity contribution in [3.63, 3.8) is 0 Å². The minimum Gasteiger partial charge on any atom is -0.383 e. The molecule has 0 saturated heterocycles. The van der Waals surface area contributed by atoms with Gasteiger partial charge in [0.05, 0.1) is 18.0 Å². The molecule has 2 rings (SSSR count). The molecule has 1 amide bonds. The molecule has 2 N–H and O–H groups in total. The number of carbonyl (C=O) groups is 1. The Kier molecular flexibility index (Phi) is 6.07. The molecule has 0 unspecified atom stereocenters. The molecule has 1 aromatic carbocycles. The van der Waals surface area contributed by atoms with Crippen LogP contribution in [-0.2, 0) is 21.3 Å². The summed E-state index contributed by atoms with van der Waals surface area (Å²) in [5.74, 6) is 0.324. The number of aromatic amines is 1. The van der Waals surface area contributed by atoms with Gasteiger partial charge in [0, 0.05) is 38.7 Å². The van der Waals surface area contributed by atoms with Crippen LogP contribution in [0.1, 0.15) is 16.2 Å². The Labute approximate surface area is 140 Å². The van der Waals surface area contributed by atoms with E-state index in [2.05, 4.69) is 14.7 Å². The van der Waals surface area contributed by atoms with Crippen LogP contribution in [0.25, 0.3) is 0 Å². The third-order valence-corrected chi connectivity index (χ3v) is 4.79. The largest absolute Gasteiger partial charge is 0.383 e. The first-order valence-corrected chi connectivity index (χ1v) is 8.75. The van der Waals surface area contributed by atoms with Crippen molar-refractivity contribution in [2.75, 3.05) is 27.3 Å². The number of nitrogens with one attached hydrogen (secondary N) is 2.